The first-order valence-corrected chi connectivity index (χ1v) is 14.5. The highest BCUT2D eigenvalue weighted by atomic mass is 16.7. The van der Waals surface area contributed by atoms with Crippen LogP contribution in [0.1, 0.15) is 53.0 Å². The molecule has 2 aromatic carbocycles. The molecule has 1 aliphatic heterocycles. The van der Waals surface area contributed by atoms with Crippen LogP contribution in [-0.4, -0.2) is 58.0 Å². The lowest BCUT2D eigenvalue weighted by Gasteiger charge is -2.62. The largest absolute Gasteiger partial charge is 0.394 e. The average Bonchev–Trinajstić information content (AvgIpc) is 3.28. The summed E-state index contributed by atoms with van der Waals surface area (Å²) in [6, 6.07) is 15.0. The molecule has 4 aliphatic rings. The molecule has 0 radical (unpaired) electrons. The van der Waals surface area contributed by atoms with Gasteiger partial charge in [0, 0.05) is 24.6 Å². The maximum absolute atomic E-state index is 13.9. The molecule has 3 aliphatic carbocycles. The summed E-state index contributed by atoms with van der Waals surface area (Å²) in [5.41, 5.74) is 3.99. The van der Waals surface area contributed by atoms with Gasteiger partial charge in [0.25, 0.3) is 0 Å². The molecule has 2 amide bonds. The number of hydrogen-bond donors (Lipinski definition) is 4. The van der Waals surface area contributed by atoms with Crippen LogP contribution in [0.2, 0.25) is 0 Å². The predicted molar refractivity (Wildman–Crippen MR) is 154 cm³/mol. The molecule has 8 atom stereocenters. The van der Waals surface area contributed by atoms with E-state index in [1.807, 2.05) is 48.5 Å². The summed E-state index contributed by atoms with van der Waals surface area (Å²) in [6.45, 7) is 10.1. The van der Waals surface area contributed by atoms with Crippen LogP contribution in [0.15, 0.2) is 48.5 Å². The maximum Gasteiger partial charge on any atom is 0.240 e. The van der Waals surface area contributed by atoms with Crippen molar-refractivity contribution in [2.45, 2.75) is 78.3 Å². The monoisotopic (exact) mass is 549 g/mol. The fourth-order valence-corrected chi connectivity index (χ4v) is 7.46. The van der Waals surface area contributed by atoms with Crippen LogP contribution >= 0.6 is 0 Å². The Balaban J connectivity index is 1.34. The number of anilines is 1. The predicted octanol–water partition coefficient (Wildman–Crippen LogP) is 3.97. The van der Waals surface area contributed by atoms with Gasteiger partial charge in [0.2, 0.25) is 11.8 Å². The zero-order valence-electron chi connectivity index (χ0n) is 24.1. The van der Waals surface area contributed by atoms with E-state index in [2.05, 4.69) is 31.4 Å². The quantitative estimate of drug-likeness (QED) is 0.397. The summed E-state index contributed by atoms with van der Waals surface area (Å²) >= 11 is 0. The van der Waals surface area contributed by atoms with E-state index in [1.165, 1.54) is 13.3 Å². The molecule has 4 N–H and O–H groups in total. The summed E-state index contributed by atoms with van der Waals surface area (Å²) < 4.78 is 0. The molecule has 8 heteroatoms. The Morgan fingerprint density at radius 1 is 1.12 bits per heavy atom. The Hall–Kier alpha value is -2.78. The number of nitrogens with one attached hydrogen (secondary N) is 2. The smallest absolute Gasteiger partial charge is 0.240 e. The second-order valence-corrected chi connectivity index (χ2v) is 12.7. The lowest BCUT2D eigenvalue weighted by atomic mass is 9.45. The zero-order valence-corrected chi connectivity index (χ0v) is 24.1. The van der Waals surface area contributed by atoms with Crippen LogP contribution in [0, 0.1) is 29.1 Å². The summed E-state index contributed by atoms with van der Waals surface area (Å²) in [6.07, 6.45) is 0.697. The highest BCUT2D eigenvalue weighted by molar-refractivity contribution is 5.89. The normalized spacial score (nSPS) is 31.7. The van der Waals surface area contributed by atoms with Crippen LogP contribution in [0.4, 0.5) is 5.69 Å². The van der Waals surface area contributed by atoms with Crippen molar-refractivity contribution in [3.05, 3.63) is 54.1 Å². The van der Waals surface area contributed by atoms with E-state index in [-0.39, 0.29) is 24.5 Å². The fourth-order valence-electron chi connectivity index (χ4n) is 7.46. The molecule has 2 bridgehead atoms. The lowest BCUT2D eigenvalue weighted by molar-refractivity contribution is -0.183. The minimum Gasteiger partial charge on any atom is -0.394 e. The van der Waals surface area contributed by atoms with Crippen molar-refractivity contribution in [1.82, 2.24) is 10.4 Å². The molecule has 2 aromatic rings. The van der Waals surface area contributed by atoms with Gasteiger partial charge in [0.1, 0.15) is 12.1 Å². The molecule has 6 rings (SSSR count). The maximum atomic E-state index is 13.9. The van der Waals surface area contributed by atoms with Crippen molar-refractivity contribution >= 4 is 17.5 Å². The highest BCUT2D eigenvalue weighted by Gasteiger charge is 2.57. The van der Waals surface area contributed by atoms with Crippen molar-refractivity contribution in [3.63, 3.8) is 0 Å². The van der Waals surface area contributed by atoms with E-state index < -0.39 is 24.2 Å². The lowest BCUT2D eigenvalue weighted by Crippen LogP contribution is -2.62. The van der Waals surface area contributed by atoms with Gasteiger partial charge in [-0.1, -0.05) is 51.1 Å². The van der Waals surface area contributed by atoms with Crippen molar-refractivity contribution in [3.8, 4) is 11.1 Å². The molecule has 216 valence electrons. The molecule has 4 fully saturated rings. The van der Waals surface area contributed by atoms with Gasteiger partial charge in [0.15, 0.2) is 0 Å². The molecule has 8 nitrogen and oxygen atoms in total. The van der Waals surface area contributed by atoms with Gasteiger partial charge in [-0.2, -0.15) is 5.06 Å². The van der Waals surface area contributed by atoms with E-state index in [4.69, 9.17) is 4.84 Å². The number of benzene rings is 2. The van der Waals surface area contributed by atoms with Crippen LogP contribution in [0.25, 0.3) is 11.1 Å². The van der Waals surface area contributed by atoms with E-state index in [0.717, 1.165) is 28.8 Å². The molecule has 1 unspecified atom stereocenters. The number of hydroxylamine groups is 2. The van der Waals surface area contributed by atoms with E-state index in [9.17, 15) is 19.8 Å². The number of fused-ring (bicyclic) bond motifs is 2. The van der Waals surface area contributed by atoms with Crippen LogP contribution < -0.4 is 10.6 Å². The number of aliphatic hydroxyl groups is 2. The second-order valence-electron chi connectivity index (χ2n) is 12.7. The number of hydrogen-bond acceptors (Lipinski definition) is 6. The number of aliphatic hydroxyl groups excluding tert-OH is 2. The van der Waals surface area contributed by atoms with Crippen LogP contribution in [0.5, 0.6) is 0 Å². The summed E-state index contributed by atoms with van der Waals surface area (Å²) in [5, 5.41) is 28.5. The Morgan fingerprint density at radius 3 is 2.45 bits per heavy atom. The van der Waals surface area contributed by atoms with E-state index in [0.29, 0.717) is 29.7 Å². The fraction of sp³-hybridized carbons (Fsp3) is 0.562. The third-order valence-corrected chi connectivity index (χ3v) is 9.87. The Kier molecular flexibility index (Phi) is 8.08. The Bertz CT molecular complexity index is 1230. The van der Waals surface area contributed by atoms with Gasteiger partial charge in [-0.15, -0.1) is 0 Å². The van der Waals surface area contributed by atoms with Gasteiger partial charge in [0.05, 0.1) is 19.3 Å². The molecule has 3 saturated carbocycles. The van der Waals surface area contributed by atoms with Gasteiger partial charge >= 0.3 is 0 Å². The highest BCUT2D eigenvalue weighted by Crippen LogP contribution is 2.61. The molecular formula is C32H43N3O5. The molecule has 1 saturated heterocycles. The molecule has 1 heterocycles. The SMILES string of the molecule is CC(=O)Nc1ccc(-c2cccc(CN3O[C@@H](CO)[C@@H]([C@H](C)O)[C@H]3C(=O)NC3C[C@@H]4C[C@H]([C@@H]3C)C4(C)C)c2)cc1. The molecule has 0 aromatic heterocycles. The van der Waals surface area contributed by atoms with E-state index in [1.54, 1.807) is 12.0 Å². The third-order valence-electron chi connectivity index (χ3n) is 9.87. The number of carbonyl (C=O) groups excluding carboxylic acids is 2. The first-order valence-electron chi connectivity index (χ1n) is 14.5. The Labute approximate surface area is 237 Å². The zero-order chi connectivity index (χ0) is 28.8. The number of carbonyl (C=O) groups is 2. The van der Waals surface area contributed by atoms with Gasteiger partial charge in [-0.3, -0.25) is 14.4 Å². The van der Waals surface area contributed by atoms with Gasteiger partial charge < -0.3 is 20.8 Å². The molecular weight excluding hydrogens is 506 g/mol. The van der Waals surface area contributed by atoms with Crippen molar-refractivity contribution in [1.29, 1.82) is 0 Å². The first-order chi connectivity index (χ1) is 19.0. The average molecular weight is 550 g/mol. The number of rotatable bonds is 8. The van der Waals surface area contributed by atoms with Crippen molar-refractivity contribution in [2.75, 3.05) is 11.9 Å². The van der Waals surface area contributed by atoms with Gasteiger partial charge in [-0.25, -0.2) is 0 Å². The Morgan fingerprint density at radius 2 is 1.85 bits per heavy atom. The van der Waals surface area contributed by atoms with Crippen molar-refractivity contribution in [2.24, 2.45) is 29.1 Å². The van der Waals surface area contributed by atoms with Crippen LogP contribution in [-0.2, 0) is 21.0 Å². The summed E-state index contributed by atoms with van der Waals surface area (Å²) in [4.78, 5) is 31.3. The van der Waals surface area contributed by atoms with Gasteiger partial charge in [-0.05, 0) is 77.8 Å². The number of amides is 2. The molecule has 0 spiro atoms. The van der Waals surface area contributed by atoms with Crippen molar-refractivity contribution < 1.29 is 24.6 Å². The first kappa shape index (κ1) is 28.7. The number of nitrogens with zero attached hydrogens (tertiary/aromatic N) is 1. The molecule has 40 heavy (non-hydrogen) atoms. The van der Waals surface area contributed by atoms with Crippen LogP contribution in [0.3, 0.4) is 0 Å². The summed E-state index contributed by atoms with van der Waals surface area (Å²) in [7, 11) is 0. The summed E-state index contributed by atoms with van der Waals surface area (Å²) in [5.74, 6) is 0.770. The second kappa shape index (κ2) is 11.2. The van der Waals surface area contributed by atoms with E-state index >= 15 is 0 Å². The third kappa shape index (κ3) is 5.42. The standard InChI is InChI=1S/C32H43N3O5/c1-18-26-14-24(32(26,4)5)15-27(18)34-31(39)30-29(19(2)37)28(17-36)40-35(30)16-21-7-6-8-23(13-21)22-9-11-25(12-10-22)33-20(3)38/h6-13,18-19,24,26-30,36-37H,14-17H2,1-5H3,(H,33,38)(H,34,39)/t18-,19-,24-,26+,27?,28-,29+,30-/m0/s1. The minimum absolute atomic E-state index is 0.0951. The minimum atomic E-state index is -0.831. The topological polar surface area (TPSA) is 111 Å².